The first kappa shape index (κ1) is 20.5. The topological polar surface area (TPSA) is 55.8 Å². The van der Waals surface area contributed by atoms with E-state index >= 15 is 0 Å². The van der Waals surface area contributed by atoms with Crippen molar-refractivity contribution in [3.05, 3.63) is 70.5 Å². The minimum absolute atomic E-state index is 0.115. The second-order valence-corrected chi connectivity index (χ2v) is 6.15. The van der Waals surface area contributed by atoms with Gasteiger partial charge in [0.2, 0.25) is 0 Å². The molecule has 0 atom stereocenters. The molecule has 0 aromatic heterocycles. The molecule has 7 heteroatoms. The van der Waals surface area contributed by atoms with Gasteiger partial charge in [0, 0.05) is 24.7 Å². The first-order valence-corrected chi connectivity index (χ1v) is 8.43. The summed E-state index contributed by atoms with van der Waals surface area (Å²) in [5.41, 5.74) is 1.37. The monoisotopic (exact) mass is 391 g/mol. The summed E-state index contributed by atoms with van der Waals surface area (Å²) >= 11 is 5.82. The van der Waals surface area contributed by atoms with E-state index in [-0.39, 0.29) is 18.3 Å². The standard InChI is InChI=1S/C20H19ClFNO4/c1-23(12-15-3-7-16(21)8-4-15)19(24)13-27-20(25)10-6-14-5-9-18(26-2)17(22)11-14/h3-11H,12-13H2,1-2H3/b10-6+. The van der Waals surface area contributed by atoms with Gasteiger partial charge in [-0.25, -0.2) is 9.18 Å². The fraction of sp³-hybridized carbons (Fsp3) is 0.200. The van der Waals surface area contributed by atoms with Crippen molar-refractivity contribution in [1.29, 1.82) is 0 Å². The Hall–Kier alpha value is -2.86. The first-order valence-electron chi connectivity index (χ1n) is 8.06. The van der Waals surface area contributed by atoms with E-state index in [4.69, 9.17) is 21.1 Å². The molecule has 0 saturated carbocycles. The largest absolute Gasteiger partial charge is 0.494 e. The highest BCUT2D eigenvalue weighted by Gasteiger charge is 2.11. The molecule has 0 N–H and O–H groups in total. The number of amides is 1. The molecule has 0 bridgehead atoms. The number of carbonyl (C=O) groups excluding carboxylic acids is 2. The lowest BCUT2D eigenvalue weighted by atomic mass is 10.2. The zero-order chi connectivity index (χ0) is 19.8. The number of hydrogen-bond donors (Lipinski definition) is 0. The van der Waals surface area contributed by atoms with Crippen molar-refractivity contribution < 1.29 is 23.5 Å². The van der Waals surface area contributed by atoms with Gasteiger partial charge in [-0.3, -0.25) is 4.79 Å². The van der Waals surface area contributed by atoms with Crippen LogP contribution in [0.3, 0.4) is 0 Å². The van der Waals surface area contributed by atoms with E-state index in [1.165, 1.54) is 30.2 Å². The van der Waals surface area contributed by atoms with E-state index in [1.807, 2.05) is 12.1 Å². The predicted octanol–water partition coefficient (Wildman–Crippen LogP) is 3.70. The molecule has 5 nitrogen and oxygen atoms in total. The number of likely N-dealkylation sites (N-methyl/N-ethyl adjacent to an activating group) is 1. The van der Waals surface area contributed by atoms with Gasteiger partial charge in [0.15, 0.2) is 18.2 Å². The molecule has 0 aliphatic rings. The van der Waals surface area contributed by atoms with Gasteiger partial charge in [0.1, 0.15) is 0 Å². The van der Waals surface area contributed by atoms with Gasteiger partial charge in [0.25, 0.3) is 5.91 Å². The van der Waals surface area contributed by atoms with Gasteiger partial charge >= 0.3 is 5.97 Å². The number of halogens is 2. The van der Waals surface area contributed by atoms with Crippen molar-refractivity contribution in [3.63, 3.8) is 0 Å². The maximum Gasteiger partial charge on any atom is 0.331 e. The Bertz CT molecular complexity index is 836. The highest BCUT2D eigenvalue weighted by atomic mass is 35.5. The van der Waals surface area contributed by atoms with Crippen molar-refractivity contribution in [2.24, 2.45) is 0 Å². The third-order valence-corrected chi connectivity index (χ3v) is 3.94. The van der Waals surface area contributed by atoms with E-state index in [1.54, 1.807) is 25.2 Å². The molecular formula is C20H19ClFNO4. The summed E-state index contributed by atoms with van der Waals surface area (Å²) in [6.07, 6.45) is 2.53. The Morgan fingerprint density at radius 1 is 1.19 bits per heavy atom. The normalized spacial score (nSPS) is 10.7. The van der Waals surface area contributed by atoms with Gasteiger partial charge in [-0.1, -0.05) is 29.8 Å². The lowest BCUT2D eigenvalue weighted by Crippen LogP contribution is -2.30. The molecule has 0 unspecified atom stereocenters. The SMILES string of the molecule is COc1ccc(/C=C/C(=O)OCC(=O)N(C)Cc2ccc(Cl)cc2)cc1F. The molecule has 2 aromatic carbocycles. The number of carbonyl (C=O) groups is 2. The Morgan fingerprint density at radius 2 is 1.89 bits per heavy atom. The Balaban J connectivity index is 1.82. The smallest absolute Gasteiger partial charge is 0.331 e. The van der Waals surface area contributed by atoms with Crippen LogP contribution in [-0.4, -0.2) is 37.5 Å². The zero-order valence-corrected chi connectivity index (χ0v) is 15.7. The number of hydrogen-bond acceptors (Lipinski definition) is 4. The third-order valence-electron chi connectivity index (χ3n) is 3.68. The van der Waals surface area contributed by atoms with Crippen LogP contribution in [0.2, 0.25) is 5.02 Å². The van der Waals surface area contributed by atoms with Gasteiger partial charge in [-0.2, -0.15) is 0 Å². The Kier molecular flexibility index (Phi) is 7.37. The summed E-state index contributed by atoms with van der Waals surface area (Å²) in [6, 6.07) is 11.4. The fourth-order valence-corrected chi connectivity index (χ4v) is 2.32. The molecule has 0 saturated heterocycles. The highest BCUT2D eigenvalue weighted by Crippen LogP contribution is 2.18. The average molecular weight is 392 g/mol. The molecule has 1 amide bonds. The summed E-state index contributed by atoms with van der Waals surface area (Å²) in [6.45, 7) is -0.0151. The van der Waals surface area contributed by atoms with Crippen molar-refractivity contribution in [2.45, 2.75) is 6.54 Å². The first-order chi connectivity index (χ1) is 12.9. The lowest BCUT2D eigenvalue weighted by Gasteiger charge is -2.17. The van der Waals surface area contributed by atoms with E-state index in [9.17, 15) is 14.0 Å². The molecule has 0 aliphatic carbocycles. The van der Waals surface area contributed by atoms with E-state index in [0.717, 1.165) is 11.6 Å². The molecule has 27 heavy (non-hydrogen) atoms. The van der Waals surface area contributed by atoms with Crippen LogP contribution in [0.25, 0.3) is 6.08 Å². The maximum absolute atomic E-state index is 13.6. The number of rotatable bonds is 7. The number of nitrogens with zero attached hydrogens (tertiary/aromatic N) is 1. The summed E-state index contributed by atoms with van der Waals surface area (Å²) in [7, 11) is 2.98. The van der Waals surface area contributed by atoms with Gasteiger partial charge in [-0.15, -0.1) is 0 Å². The Labute approximate surface area is 161 Å². The van der Waals surface area contributed by atoms with Crippen LogP contribution in [0.1, 0.15) is 11.1 Å². The second kappa shape index (κ2) is 9.73. The minimum Gasteiger partial charge on any atom is -0.494 e. The van der Waals surface area contributed by atoms with Crippen LogP contribution >= 0.6 is 11.6 Å². The van der Waals surface area contributed by atoms with E-state index < -0.39 is 11.8 Å². The van der Waals surface area contributed by atoms with Gasteiger partial charge in [-0.05, 0) is 41.5 Å². The van der Waals surface area contributed by atoms with Crippen LogP contribution in [0.4, 0.5) is 4.39 Å². The third kappa shape index (κ3) is 6.42. The summed E-state index contributed by atoms with van der Waals surface area (Å²) in [5, 5.41) is 0.616. The van der Waals surface area contributed by atoms with Crippen molar-refractivity contribution in [2.75, 3.05) is 20.8 Å². The predicted molar refractivity (Wildman–Crippen MR) is 101 cm³/mol. The summed E-state index contributed by atoms with van der Waals surface area (Å²) in [4.78, 5) is 25.2. The van der Waals surface area contributed by atoms with Crippen molar-refractivity contribution >= 4 is 29.6 Å². The number of methoxy groups -OCH3 is 1. The molecule has 0 heterocycles. The number of benzene rings is 2. The van der Waals surface area contributed by atoms with Crippen LogP contribution in [0.15, 0.2) is 48.5 Å². The maximum atomic E-state index is 13.6. The van der Waals surface area contributed by atoms with Crippen LogP contribution in [0, 0.1) is 5.82 Å². The molecule has 2 rings (SSSR count). The van der Waals surface area contributed by atoms with E-state index in [2.05, 4.69) is 0 Å². The number of esters is 1. The fourth-order valence-electron chi connectivity index (χ4n) is 2.19. The molecule has 0 radical (unpaired) electrons. The second-order valence-electron chi connectivity index (χ2n) is 5.71. The molecule has 0 spiro atoms. The van der Waals surface area contributed by atoms with Crippen LogP contribution in [0.5, 0.6) is 5.75 Å². The van der Waals surface area contributed by atoms with Crippen LogP contribution in [-0.2, 0) is 20.9 Å². The van der Waals surface area contributed by atoms with Gasteiger partial charge in [0.05, 0.1) is 7.11 Å². The molecule has 2 aromatic rings. The quantitative estimate of drug-likeness (QED) is 0.533. The highest BCUT2D eigenvalue weighted by molar-refractivity contribution is 6.30. The molecule has 142 valence electrons. The van der Waals surface area contributed by atoms with Gasteiger partial charge < -0.3 is 14.4 Å². The molecule has 0 fully saturated rings. The zero-order valence-electron chi connectivity index (χ0n) is 14.9. The van der Waals surface area contributed by atoms with Crippen molar-refractivity contribution in [3.8, 4) is 5.75 Å². The summed E-state index contributed by atoms with van der Waals surface area (Å²) < 4.78 is 23.3. The Morgan fingerprint density at radius 3 is 2.52 bits per heavy atom. The van der Waals surface area contributed by atoms with Crippen LogP contribution < -0.4 is 4.74 Å². The minimum atomic E-state index is -0.695. The molecular weight excluding hydrogens is 373 g/mol. The van der Waals surface area contributed by atoms with E-state index in [0.29, 0.717) is 17.1 Å². The molecule has 0 aliphatic heterocycles. The lowest BCUT2D eigenvalue weighted by molar-refractivity contribution is -0.147. The van der Waals surface area contributed by atoms with Crippen molar-refractivity contribution in [1.82, 2.24) is 4.90 Å². The number of ether oxygens (including phenoxy) is 2. The average Bonchev–Trinajstić information content (AvgIpc) is 2.66. The summed E-state index contributed by atoms with van der Waals surface area (Å²) in [5.74, 6) is -1.46.